The Bertz CT molecular complexity index is 506. The molecule has 3 heterocycles. The van der Waals surface area contributed by atoms with E-state index in [-0.39, 0.29) is 24.0 Å². The van der Waals surface area contributed by atoms with Crippen LogP contribution < -0.4 is 5.32 Å². The average Bonchev–Trinajstić information content (AvgIpc) is 2.81. The Kier molecular flexibility index (Phi) is 4.74. The van der Waals surface area contributed by atoms with Crippen LogP contribution in [-0.4, -0.2) is 47.6 Å². The van der Waals surface area contributed by atoms with E-state index >= 15 is 0 Å². The fraction of sp³-hybridized carbons (Fsp3) is 0.647. The van der Waals surface area contributed by atoms with Gasteiger partial charge in [-0.1, -0.05) is 13.8 Å². The SMILES string of the molecule is CC(C)CCN1C[C@H]2C[C@H](C(=O)Nc3cccnc3)[C@@H](C1)O2. The van der Waals surface area contributed by atoms with E-state index in [2.05, 4.69) is 29.0 Å². The standard InChI is InChI=1S/C17H25N3O2/c1-12(2)5-7-20-10-14-8-15(16(11-20)22-14)17(21)19-13-4-3-6-18-9-13/h3-4,6,9,12,14-16H,5,7-8,10-11H2,1-2H3,(H,19,21)/t14-,15+,16-/m1/s1. The highest BCUT2D eigenvalue weighted by Gasteiger charge is 2.44. The van der Waals surface area contributed by atoms with Crippen LogP contribution in [0.25, 0.3) is 0 Å². The zero-order valence-corrected chi connectivity index (χ0v) is 13.4. The van der Waals surface area contributed by atoms with Crippen molar-refractivity contribution in [3.05, 3.63) is 24.5 Å². The van der Waals surface area contributed by atoms with Crippen LogP contribution in [0.1, 0.15) is 26.7 Å². The molecular formula is C17H25N3O2. The second-order valence-corrected chi connectivity index (χ2v) is 6.81. The molecule has 0 saturated carbocycles. The van der Waals surface area contributed by atoms with Gasteiger partial charge in [0.1, 0.15) is 0 Å². The Morgan fingerprint density at radius 3 is 3.09 bits per heavy atom. The lowest BCUT2D eigenvalue weighted by Crippen LogP contribution is -2.45. The molecule has 1 aromatic rings. The minimum atomic E-state index is -0.0470. The van der Waals surface area contributed by atoms with Gasteiger partial charge in [-0.3, -0.25) is 14.7 Å². The van der Waals surface area contributed by atoms with E-state index in [4.69, 9.17) is 4.74 Å². The van der Waals surface area contributed by atoms with Gasteiger partial charge in [0.15, 0.2) is 0 Å². The largest absolute Gasteiger partial charge is 0.371 e. The number of pyridine rings is 1. The van der Waals surface area contributed by atoms with Crippen molar-refractivity contribution in [2.75, 3.05) is 25.0 Å². The lowest BCUT2D eigenvalue weighted by atomic mass is 9.99. The summed E-state index contributed by atoms with van der Waals surface area (Å²) >= 11 is 0. The van der Waals surface area contributed by atoms with Crippen molar-refractivity contribution < 1.29 is 9.53 Å². The maximum atomic E-state index is 12.5. The van der Waals surface area contributed by atoms with Crippen molar-refractivity contribution in [2.45, 2.75) is 38.9 Å². The van der Waals surface area contributed by atoms with Gasteiger partial charge in [0.2, 0.25) is 5.91 Å². The number of likely N-dealkylation sites (tertiary alicyclic amines) is 1. The van der Waals surface area contributed by atoms with Crippen LogP contribution in [0.5, 0.6) is 0 Å². The normalized spacial score (nSPS) is 28.0. The zero-order chi connectivity index (χ0) is 15.5. The molecule has 2 aliphatic rings. The monoisotopic (exact) mass is 303 g/mol. The molecule has 0 aliphatic carbocycles. The Balaban J connectivity index is 1.57. The first kappa shape index (κ1) is 15.4. The number of nitrogens with zero attached hydrogens (tertiary/aromatic N) is 2. The Morgan fingerprint density at radius 1 is 1.50 bits per heavy atom. The second kappa shape index (κ2) is 6.75. The molecule has 2 fully saturated rings. The van der Waals surface area contributed by atoms with E-state index in [0.29, 0.717) is 5.92 Å². The highest BCUT2D eigenvalue weighted by atomic mass is 16.5. The molecule has 3 rings (SSSR count). The summed E-state index contributed by atoms with van der Waals surface area (Å²) in [4.78, 5) is 19.0. The molecule has 0 radical (unpaired) electrons. The van der Waals surface area contributed by atoms with Crippen LogP contribution in [0.15, 0.2) is 24.5 Å². The smallest absolute Gasteiger partial charge is 0.230 e. The summed E-state index contributed by atoms with van der Waals surface area (Å²) in [5.74, 6) is 0.727. The number of amides is 1. The third-order valence-corrected chi connectivity index (χ3v) is 4.52. The number of morpholine rings is 1. The molecule has 22 heavy (non-hydrogen) atoms. The molecule has 0 spiro atoms. The summed E-state index contributed by atoms with van der Waals surface area (Å²) in [5.41, 5.74) is 0.755. The molecule has 2 aliphatic heterocycles. The number of fused-ring (bicyclic) bond motifs is 2. The topological polar surface area (TPSA) is 54.5 Å². The number of aromatic nitrogens is 1. The van der Waals surface area contributed by atoms with Crippen molar-refractivity contribution in [1.29, 1.82) is 0 Å². The van der Waals surface area contributed by atoms with Crippen molar-refractivity contribution in [2.24, 2.45) is 11.8 Å². The van der Waals surface area contributed by atoms with E-state index in [1.165, 1.54) is 6.42 Å². The van der Waals surface area contributed by atoms with Gasteiger partial charge in [0.25, 0.3) is 0 Å². The molecule has 2 saturated heterocycles. The molecule has 1 amide bonds. The first-order valence-electron chi connectivity index (χ1n) is 8.20. The molecule has 5 heteroatoms. The van der Waals surface area contributed by atoms with Gasteiger partial charge in [0, 0.05) is 19.3 Å². The number of nitrogens with one attached hydrogen (secondary N) is 1. The van der Waals surface area contributed by atoms with Crippen LogP contribution >= 0.6 is 0 Å². The maximum absolute atomic E-state index is 12.5. The van der Waals surface area contributed by atoms with Crippen LogP contribution in [0, 0.1) is 11.8 Å². The number of rotatable bonds is 5. The quantitative estimate of drug-likeness (QED) is 0.905. The minimum Gasteiger partial charge on any atom is -0.371 e. The van der Waals surface area contributed by atoms with Gasteiger partial charge in [-0.2, -0.15) is 0 Å². The number of carbonyl (C=O) groups is 1. The van der Waals surface area contributed by atoms with Gasteiger partial charge < -0.3 is 10.1 Å². The minimum absolute atomic E-state index is 0.0302. The summed E-state index contributed by atoms with van der Waals surface area (Å²) in [6.45, 7) is 7.43. The third kappa shape index (κ3) is 3.65. The second-order valence-electron chi connectivity index (χ2n) is 6.81. The number of ether oxygens (including phenoxy) is 1. The number of carbonyl (C=O) groups excluding carboxylic acids is 1. The van der Waals surface area contributed by atoms with Gasteiger partial charge in [-0.25, -0.2) is 0 Å². The Labute approximate surface area is 132 Å². The van der Waals surface area contributed by atoms with Crippen molar-refractivity contribution >= 4 is 11.6 Å². The number of hydrogen-bond donors (Lipinski definition) is 1. The Hall–Kier alpha value is -1.46. The average molecular weight is 303 g/mol. The lowest BCUT2D eigenvalue weighted by molar-refractivity contribution is -0.122. The summed E-state index contributed by atoms with van der Waals surface area (Å²) in [7, 11) is 0. The van der Waals surface area contributed by atoms with Gasteiger partial charge >= 0.3 is 0 Å². The van der Waals surface area contributed by atoms with Gasteiger partial charge in [-0.15, -0.1) is 0 Å². The molecule has 3 atom stereocenters. The van der Waals surface area contributed by atoms with E-state index in [1.807, 2.05) is 12.1 Å². The maximum Gasteiger partial charge on any atom is 0.230 e. The van der Waals surface area contributed by atoms with Crippen LogP contribution in [0.4, 0.5) is 5.69 Å². The van der Waals surface area contributed by atoms with E-state index in [9.17, 15) is 4.79 Å². The fourth-order valence-electron chi connectivity index (χ4n) is 3.31. The van der Waals surface area contributed by atoms with Gasteiger partial charge in [-0.05, 0) is 37.4 Å². The van der Waals surface area contributed by atoms with E-state index in [0.717, 1.165) is 31.7 Å². The predicted molar refractivity (Wildman–Crippen MR) is 85.5 cm³/mol. The highest BCUT2D eigenvalue weighted by Crippen LogP contribution is 2.33. The molecular weight excluding hydrogens is 278 g/mol. The summed E-state index contributed by atoms with van der Waals surface area (Å²) < 4.78 is 5.99. The summed E-state index contributed by atoms with van der Waals surface area (Å²) in [6, 6.07) is 3.69. The molecule has 5 nitrogen and oxygen atoms in total. The molecule has 1 N–H and O–H groups in total. The fourth-order valence-corrected chi connectivity index (χ4v) is 3.31. The van der Waals surface area contributed by atoms with Crippen molar-refractivity contribution in [3.63, 3.8) is 0 Å². The number of anilines is 1. The van der Waals surface area contributed by atoms with E-state index < -0.39 is 0 Å². The van der Waals surface area contributed by atoms with Crippen LogP contribution in [-0.2, 0) is 9.53 Å². The number of hydrogen-bond acceptors (Lipinski definition) is 4. The van der Waals surface area contributed by atoms with E-state index in [1.54, 1.807) is 12.4 Å². The van der Waals surface area contributed by atoms with Crippen LogP contribution in [0.2, 0.25) is 0 Å². The molecule has 120 valence electrons. The zero-order valence-electron chi connectivity index (χ0n) is 13.4. The molecule has 0 aromatic carbocycles. The summed E-state index contributed by atoms with van der Waals surface area (Å²) in [6.07, 6.45) is 5.64. The summed E-state index contributed by atoms with van der Waals surface area (Å²) in [5, 5.41) is 2.96. The molecule has 1 aromatic heterocycles. The third-order valence-electron chi connectivity index (χ3n) is 4.52. The predicted octanol–water partition coefficient (Wildman–Crippen LogP) is 2.16. The first-order valence-corrected chi connectivity index (χ1v) is 8.20. The lowest BCUT2D eigenvalue weighted by Gasteiger charge is -2.33. The molecule has 2 bridgehead atoms. The Morgan fingerprint density at radius 2 is 2.36 bits per heavy atom. The van der Waals surface area contributed by atoms with Crippen molar-refractivity contribution in [3.8, 4) is 0 Å². The molecule has 0 unspecified atom stereocenters. The highest BCUT2D eigenvalue weighted by molar-refractivity contribution is 5.93. The van der Waals surface area contributed by atoms with Gasteiger partial charge in [0.05, 0.1) is 30.0 Å². The first-order chi connectivity index (χ1) is 10.6. The van der Waals surface area contributed by atoms with Crippen molar-refractivity contribution in [1.82, 2.24) is 9.88 Å². The van der Waals surface area contributed by atoms with Crippen LogP contribution in [0.3, 0.4) is 0 Å².